The lowest BCUT2D eigenvalue weighted by atomic mass is 9.82. The average Bonchev–Trinajstić information content (AvgIpc) is 1.62. The van der Waals surface area contributed by atoms with Crippen LogP contribution in [0.3, 0.4) is 0 Å². The number of amides is 9. The summed E-state index contributed by atoms with van der Waals surface area (Å²) in [6.45, 7) is 53.6. The van der Waals surface area contributed by atoms with Crippen molar-refractivity contribution in [2.45, 2.75) is 316 Å². The maximum atomic E-state index is 12.8. The van der Waals surface area contributed by atoms with E-state index in [4.69, 9.17) is 58.9 Å². The molecule has 37 nitrogen and oxygen atoms in total. The van der Waals surface area contributed by atoms with E-state index in [1.165, 1.54) is 39.2 Å². The van der Waals surface area contributed by atoms with Gasteiger partial charge in [0, 0.05) is 138 Å². The number of nitriles is 1. The van der Waals surface area contributed by atoms with Crippen LogP contribution in [0.4, 0.5) is 38.8 Å². The molecule has 0 spiro atoms. The molecule has 11 heterocycles. The molecule has 4 fully saturated rings. The number of thiophene rings is 2. The summed E-state index contributed by atoms with van der Waals surface area (Å²) in [5, 5.41) is 21.6. The summed E-state index contributed by atoms with van der Waals surface area (Å²) in [4.78, 5) is 200. The number of carbonyl (C=O) groups excluding carboxylic acids is 15. The van der Waals surface area contributed by atoms with Crippen molar-refractivity contribution in [1.29, 1.82) is 5.26 Å². The van der Waals surface area contributed by atoms with Crippen molar-refractivity contribution in [1.82, 2.24) is 44.4 Å². The number of ketones is 4. The lowest BCUT2D eigenvalue weighted by Gasteiger charge is -2.29. The number of esters is 2. The molecule has 5 unspecified atom stereocenters. The monoisotopic (exact) mass is 2170 g/mol. The number of para-hydroxylation sites is 3. The average molecular weight is 2170 g/mol. The number of benzene rings is 3. The number of nitrogens with two attached hydrogens (primary N) is 1. The molecule has 0 aliphatic carbocycles. The summed E-state index contributed by atoms with van der Waals surface area (Å²) in [5.74, 6) is -1.56. The fraction of sp³-hybridized carbons (Fsp3) is 0.583. The summed E-state index contributed by atoms with van der Waals surface area (Å²) < 4.78 is 45.6. The Morgan fingerprint density at radius 3 is 1.27 bits per heavy atom. The van der Waals surface area contributed by atoms with Crippen molar-refractivity contribution in [2.75, 3.05) is 89.7 Å². The van der Waals surface area contributed by atoms with Crippen LogP contribution in [0.25, 0.3) is 51.8 Å². The van der Waals surface area contributed by atoms with Crippen molar-refractivity contribution < 1.29 is 110 Å². The molecule has 14 rings (SSSR count). The molecular weight excluding hydrogens is 2020 g/mol. The van der Waals surface area contributed by atoms with Crippen LogP contribution in [-0.2, 0) is 101 Å². The number of nitrogens with zero attached hydrogens (tertiary/aromatic N) is 12. The van der Waals surface area contributed by atoms with Crippen LogP contribution in [0.2, 0.25) is 0 Å². The highest BCUT2D eigenvalue weighted by atomic mass is 32.1. The molecule has 4 saturated heterocycles. The minimum atomic E-state index is -1.17. The topological polar surface area (TPSA) is 475 Å². The zero-order valence-electron chi connectivity index (χ0n) is 91.6. The van der Waals surface area contributed by atoms with Crippen LogP contribution < -0.4 is 11.1 Å². The van der Waals surface area contributed by atoms with Crippen LogP contribution in [0.15, 0.2) is 83.0 Å². The molecule has 5 aromatic heterocycles. The summed E-state index contributed by atoms with van der Waals surface area (Å²) >= 11 is 8.01. The Kier molecular flexibility index (Phi) is 46.6. The Labute approximate surface area is 899 Å². The van der Waals surface area contributed by atoms with Crippen LogP contribution >= 0.6 is 56.7 Å². The molecule has 0 bridgehead atoms. The van der Waals surface area contributed by atoms with Gasteiger partial charge in [-0.3, -0.25) is 43.2 Å². The highest BCUT2D eigenvalue weighted by molar-refractivity contribution is 7.23. The number of anilines is 2. The number of aromatic nitrogens is 3. The van der Waals surface area contributed by atoms with Gasteiger partial charge in [0.25, 0.3) is 12.3 Å². The predicted octanol–water partition coefficient (Wildman–Crippen LogP) is 22.7. The Morgan fingerprint density at radius 1 is 0.473 bits per heavy atom. The smallest absolute Gasteiger partial charge is 0.410 e. The van der Waals surface area contributed by atoms with Crippen molar-refractivity contribution in [2.24, 2.45) is 27.5 Å². The number of carbonyl (C=O) groups is 15. The number of hydrogen-bond donors (Lipinski definition) is 2. The Bertz CT molecular complexity index is 6000. The summed E-state index contributed by atoms with van der Waals surface area (Å²) in [6.07, 6.45) is 3.46. The highest BCUT2D eigenvalue weighted by Gasteiger charge is 2.46. The van der Waals surface area contributed by atoms with Gasteiger partial charge >= 0.3 is 48.5 Å². The van der Waals surface area contributed by atoms with Crippen molar-refractivity contribution in [3.63, 3.8) is 0 Å². The number of azo groups is 1. The van der Waals surface area contributed by atoms with Gasteiger partial charge in [-0.1, -0.05) is 64.1 Å². The van der Waals surface area contributed by atoms with Crippen LogP contribution in [0.1, 0.15) is 288 Å². The van der Waals surface area contributed by atoms with E-state index in [-0.39, 0.29) is 136 Å². The van der Waals surface area contributed by atoms with Crippen molar-refractivity contribution in [3.05, 3.63) is 98.7 Å². The van der Waals surface area contributed by atoms with E-state index in [0.717, 1.165) is 95.8 Å². The molecule has 3 aromatic carbocycles. The lowest BCUT2D eigenvalue weighted by molar-refractivity contribution is -0.159. The molecule has 150 heavy (non-hydrogen) atoms. The first-order valence-electron chi connectivity index (χ1n) is 50.5. The van der Waals surface area contributed by atoms with E-state index in [9.17, 15) is 71.9 Å². The number of nitrogens with one attached hydrogen (secondary N) is 1. The zero-order valence-corrected chi connectivity index (χ0v) is 95.7. The maximum absolute atomic E-state index is 12.8. The maximum Gasteiger partial charge on any atom is 0.410 e. The van der Waals surface area contributed by atoms with Gasteiger partial charge in [-0.25, -0.2) is 43.7 Å². The van der Waals surface area contributed by atoms with Gasteiger partial charge in [-0.05, 0) is 237 Å². The Morgan fingerprint density at radius 2 is 0.847 bits per heavy atom. The molecule has 42 heteroatoms. The number of rotatable bonds is 10. The fourth-order valence-corrected chi connectivity index (χ4v) is 21.3. The molecule has 820 valence electrons. The highest BCUT2D eigenvalue weighted by Crippen LogP contribution is 2.51. The first-order valence-corrected chi connectivity index (χ1v) is 54.6. The number of thiazole rings is 3. The number of likely N-dealkylation sites (tertiary alicyclic amines) is 4. The van der Waals surface area contributed by atoms with Crippen LogP contribution in [-0.4, -0.2) is 246 Å². The number of Topliss-reactive ketones (excluding diaryl/α,β-unsaturated/α-hetero) is 4. The minimum Gasteiger partial charge on any atom is -0.465 e. The molecule has 0 radical (unpaired) electrons. The van der Waals surface area contributed by atoms with Crippen LogP contribution in [0, 0.1) is 28.6 Å². The van der Waals surface area contributed by atoms with E-state index in [1.54, 1.807) is 134 Å². The Balaban J connectivity index is 0.000000238. The van der Waals surface area contributed by atoms with Gasteiger partial charge in [0.1, 0.15) is 82.3 Å². The van der Waals surface area contributed by atoms with Gasteiger partial charge in [-0.2, -0.15) is 5.26 Å². The number of ether oxygens (including phenoxy) is 8. The zero-order chi connectivity index (χ0) is 112. The molecule has 6 aliphatic heterocycles. The third kappa shape index (κ3) is 39.8. The lowest BCUT2D eigenvalue weighted by Crippen LogP contribution is -2.41. The predicted molar refractivity (Wildman–Crippen MR) is 581 cm³/mol. The molecular formula is C108H150N14O23S5. The largest absolute Gasteiger partial charge is 0.465 e. The van der Waals surface area contributed by atoms with Crippen molar-refractivity contribution in [3.8, 4) is 27.2 Å². The number of hydrogen-bond acceptors (Lipinski definition) is 33. The quantitative estimate of drug-likeness (QED) is 0.0422. The van der Waals surface area contributed by atoms with Gasteiger partial charge in [0.15, 0.2) is 5.78 Å². The molecule has 3 N–H and O–H groups in total. The van der Waals surface area contributed by atoms with E-state index in [0.29, 0.717) is 97.0 Å². The van der Waals surface area contributed by atoms with Crippen molar-refractivity contribution >= 4 is 187 Å². The summed E-state index contributed by atoms with van der Waals surface area (Å²) in [7, 11) is 0. The molecule has 0 saturated carbocycles. The molecule has 5 atom stereocenters. The second kappa shape index (κ2) is 56.1. The van der Waals surface area contributed by atoms with Gasteiger partial charge in [0.2, 0.25) is 5.91 Å². The van der Waals surface area contributed by atoms with Gasteiger partial charge in [-0.15, -0.1) is 66.9 Å². The third-order valence-electron chi connectivity index (χ3n) is 23.1. The Hall–Kier alpha value is -12.3. The third-order valence-corrected chi connectivity index (χ3v) is 28.4. The van der Waals surface area contributed by atoms with E-state index < -0.39 is 69.1 Å². The van der Waals surface area contributed by atoms with E-state index in [2.05, 4.69) is 52.6 Å². The number of fused-ring (bicyclic) bond motifs is 5. The SMILES string of the molecule is CC(=O)Nc1sc2c(c1-c1nc3ccccc3s1)C(C)CCN(C(=O)OC(C)(C)C)C2.CC(C)(C)OC(=O)N1CCC(=O)CC1.CC1CCN(C(=O)OC(C)(C)C)CCC1=O.CC1CCN(C(=O)OC(C)(C)C)Cc2sc(N)c(-c3nc4ccccc4s3)c21.CCC(=O)N=NC=O.CCOC(=O)C1(C)CCN(C(=O)OC(C)(C)C)CCC1=O.CCOC(=O)C1CCN(C(=O)OC(C)(C)C)CCC1=O.N#CCc1nc2ccccc2s1. The van der Waals surface area contributed by atoms with E-state index >= 15 is 0 Å². The summed E-state index contributed by atoms with van der Waals surface area (Å²) in [6, 6.07) is 26.2. The first-order chi connectivity index (χ1) is 70.1. The second-order valence-corrected chi connectivity index (χ2v) is 48.2. The molecule has 6 aliphatic rings. The normalized spacial score (nSPS) is 18.1. The molecule has 8 aromatic rings. The summed E-state index contributed by atoms with van der Waals surface area (Å²) in [5.41, 5.74) is 9.57. The number of piperidine rings is 1. The van der Waals surface area contributed by atoms with Gasteiger partial charge in [0.05, 0.1) is 74.4 Å². The first kappa shape index (κ1) is 125. The van der Waals surface area contributed by atoms with Gasteiger partial charge < -0.3 is 78.3 Å². The molecule has 9 amide bonds. The fourth-order valence-electron chi connectivity index (χ4n) is 15.6. The second-order valence-electron chi connectivity index (χ2n) is 42.7. The minimum absolute atomic E-state index is 0.0624. The standard InChI is InChI=1S/C23H27N3O3S2.C21H25N3O2S2.C15H25NO5.C14H23NO5.C12H21NO3.C10H17NO3.C9H6N2S.C4H6N2O2/c1-13-10-11-26(22(28)29-23(3,4)5)12-17-18(13)19(20(31-17)24-14(2)27)21-25-15-8-6-7-9-16(15)30-21;1-12-9-10-24(20(25)26-21(2,3)4)11-15-16(12)17(18(22)27-15)19-23-13-7-5-6-8-14(13)28-19;1-6-20-12(18)15(5)8-10-16(9-7-11(15)17)13(19)21-14(2,3)4;1-5-19-12(17)10-6-8-15(9-7-11(10)16)13(18)20-14(2,3)4;1-9-5-7-13(8-6-10(9)14)11(15)16-12(2,3)4;1-10(2,3)14-9(13)11-6-4-8(12)5-7-11;10-6-5-9-11-7-3-1-2-4-8(7)12-9;1-2-4(8)6-5-3-7/h6-9,13H,10-12H2,1-5H3,(H,24,27);5-8,12H,9-11,22H2,1-4H3;6-10H2,1-5H3;10H,5-9H2,1-4H3;9H,5-8H2,1-4H3;4-7H2,1-3H3;1-4H,5H2;3H,2H2,1H3. The number of nitrogen functional groups attached to an aromatic ring is 1. The van der Waals surface area contributed by atoms with E-state index in [1.807, 2.05) is 151 Å². The van der Waals surface area contributed by atoms with Crippen LogP contribution in [0.5, 0.6) is 0 Å².